The van der Waals surface area contributed by atoms with Crippen LogP contribution in [0.4, 0.5) is 4.79 Å². The molecule has 5 heteroatoms. The maximum absolute atomic E-state index is 11.5. The van der Waals surface area contributed by atoms with E-state index in [-0.39, 0.29) is 19.2 Å². The maximum Gasteiger partial charge on any atom is 0.508 e. The molecular formula is C13H24O5. The summed E-state index contributed by atoms with van der Waals surface area (Å²) in [6, 6.07) is 0. The van der Waals surface area contributed by atoms with Crippen molar-refractivity contribution in [3.8, 4) is 0 Å². The zero-order valence-electron chi connectivity index (χ0n) is 11.9. The Bertz CT molecular complexity index is 273. The molecule has 18 heavy (non-hydrogen) atoms. The molecule has 0 aliphatic rings. The lowest BCUT2D eigenvalue weighted by Crippen LogP contribution is -2.35. The second-order valence-electron chi connectivity index (χ2n) is 4.92. The SMILES string of the molecule is CCOC(=O)OC(C)(C)COC(=O)CC(C)CC. The monoisotopic (exact) mass is 260 g/mol. The number of rotatable bonds is 7. The molecule has 0 bridgehead atoms. The summed E-state index contributed by atoms with van der Waals surface area (Å²) >= 11 is 0. The van der Waals surface area contributed by atoms with Crippen LogP contribution in [0.3, 0.4) is 0 Å². The van der Waals surface area contributed by atoms with Crippen molar-refractivity contribution in [1.29, 1.82) is 0 Å². The fourth-order valence-electron chi connectivity index (χ4n) is 1.14. The predicted molar refractivity (Wildman–Crippen MR) is 67.2 cm³/mol. The second kappa shape index (κ2) is 7.95. The van der Waals surface area contributed by atoms with E-state index in [1.807, 2.05) is 13.8 Å². The summed E-state index contributed by atoms with van der Waals surface area (Å²) in [6.45, 7) is 9.32. The van der Waals surface area contributed by atoms with Gasteiger partial charge in [0.25, 0.3) is 0 Å². The Hall–Kier alpha value is -1.26. The van der Waals surface area contributed by atoms with Crippen LogP contribution in [-0.4, -0.2) is 30.9 Å². The predicted octanol–water partition coefficient (Wildman–Crippen LogP) is 2.92. The molecule has 0 saturated carbocycles. The molecule has 0 spiro atoms. The van der Waals surface area contributed by atoms with Crippen molar-refractivity contribution in [3.63, 3.8) is 0 Å². The summed E-state index contributed by atoms with van der Waals surface area (Å²) in [5.74, 6) is 0.0245. The van der Waals surface area contributed by atoms with Gasteiger partial charge in [-0.15, -0.1) is 0 Å². The highest BCUT2D eigenvalue weighted by molar-refractivity contribution is 5.69. The molecule has 0 aliphatic heterocycles. The van der Waals surface area contributed by atoms with Gasteiger partial charge in [0.2, 0.25) is 0 Å². The minimum atomic E-state index is -0.878. The van der Waals surface area contributed by atoms with Crippen molar-refractivity contribution in [3.05, 3.63) is 0 Å². The van der Waals surface area contributed by atoms with Gasteiger partial charge in [0, 0.05) is 6.42 Å². The average Bonchev–Trinajstić information content (AvgIpc) is 2.26. The number of carbonyl (C=O) groups is 2. The Morgan fingerprint density at radius 3 is 2.28 bits per heavy atom. The number of esters is 1. The van der Waals surface area contributed by atoms with Gasteiger partial charge in [0.05, 0.1) is 6.61 Å². The van der Waals surface area contributed by atoms with E-state index < -0.39 is 11.8 Å². The highest BCUT2D eigenvalue weighted by Gasteiger charge is 2.26. The molecule has 0 amide bonds. The third-order valence-corrected chi connectivity index (χ3v) is 2.41. The Labute approximate surface area is 109 Å². The van der Waals surface area contributed by atoms with Crippen LogP contribution >= 0.6 is 0 Å². The van der Waals surface area contributed by atoms with Gasteiger partial charge in [0.1, 0.15) is 12.2 Å². The standard InChI is InChI=1S/C13H24O5/c1-6-10(3)8-11(14)17-9-13(4,5)18-12(15)16-7-2/h10H,6-9H2,1-5H3. The van der Waals surface area contributed by atoms with Crippen molar-refractivity contribution >= 4 is 12.1 Å². The molecule has 106 valence electrons. The number of hydrogen-bond donors (Lipinski definition) is 0. The van der Waals surface area contributed by atoms with Crippen LogP contribution in [0.25, 0.3) is 0 Å². The molecule has 0 aliphatic carbocycles. The first-order valence-corrected chi connectivity index (χ1v) is 6.32. The van der Waals surface area contributed by atoms with Crippen LogP contribution in [0.15, 0.2) is 0 Å². The Morgan fingerprint density at radius 1 is 1.17 bits per heavy atom. The Kier molecular flexibility index (Phi) is 7.39. The van der Waals surface area contributed by atoms with Gasteiger partial charge in [-0.05, 0) is 26.7 Å². The zero-order chi connectivity index (χ0) is 14.2. The lowest BCUT2D eigenvalue weighted by molar-refractivity contribution is -0.152. The molecule has 5 nitrogen and oxygen atoms in total. The molecule has 0 N–H and O–H groups in total. The van der Waals surface area contributed by atoms with Gasteiger partial charge in [-0.1, -0.05) is 20.3 Å². The minimum Gasteiger partial charge on any atom is -0.461 e. The van der Waals surface area contributed by atoms with Crippen LogP contribution in [-0.2, 0) is 19.0 Å². The smallest absolute Gasteiger partial charge is 0.461 e. The van der Waals surface area contributed by atoms with E-state index in [0.717, 1.165) is 6.42 Å². The Morgan fingerprint density at radius 2 is 1.78 bits per heavy atom. The highest BCUT2D eigenvalue weighted by Crippen LogP contribution is 2.13. The largest absolute Gasteiger partial charge is 0.508 e. The van der Waals surface area contributed by atoms with Crippen LogP contribution in [0.2, 0.25) is 0 Å². The van der Waals surface area contributed by atoms with Crippen molar-refractivity contribution in [2.45, 2.75) is 53.1 Å². The molecule has 0 fully saturated rings. The summed E-state index contributed by atoms with van der Waals surface area (Å²) < 4.78 is 14.8. The molecule has 1 atom stereocenters. The van der Waals surface area contributed by atoms with Crippen molar-refractivity contribution in [2.75, 3.05) is 13.2 Å². The third kappa shape index (κ3) is 7.92. The average molecular weight is 260 g/mol. The van der Waals surface area contributed by atoms with E-state index in [1.54, 1.807) is 20.8 Å². The quantitative estimate of drug-likeness (QED) is 0.659. The van der Waals surface area contributed by atoms with Crippen molar-refractivity contribution in [2.24, 2.45) is 5.92 Å². The summed E-state index contributed by atoms with van der Waals surface area (Å²) in [4.78, 5) is 22.6. The normalized spacial score (nSPS) is 12.7. The van der Waals surface area contributed by atoms with Gasteiger partial charge in [-0.2, -0.15) is 0 Å². The number of carbonyl (C=O) groups excluding carboxylic acids is 2. The molecule has 1 unspecified atom stereocenters. The molecule has 0 saturated heterocycles. The van der Waals surface area contributed by atoms with E-state index in [2.05, 4.69) is 4.74 Å². The van der Waals surface area contributed by atoms with Gasteiger partial charge in [-0.25, -0.2) is 4.79 Å². The topological polar surface area (TPSA) is 61.8 Å². The van der Waals surface area contributed by atoms with Crippen LogP contribution in [0.5, 0.6) is 0 Å². The fraction of sp³-hybridized carbons (Fsp3) is 0.846. The molecule has 0 rings (SSSR count). The van der Waals surface area contributed by atoms with Gasteiger partial charge < -0.3 is 14.2 Å². The van der Waals surface area contributed by atoms with Gasteiger partial charge >= 0.3 is 12.1 Å². The lowest BCUT2D eigenvalue weighted by Gasteiger charge is -2.24. The van der Waals surface area contributed by atoms with Gasteiger partial charge in [-0.3, -0.25) is 4.79 Å². The molecular weight excluding hydrogens is 236 g/mol. The van der Waals surface area contributed by atoms with Crippen LogP contribution in [0.1, 0.15) is 47.5 Å². The molecule has 0 aromatic rings. The second-order valence-corrected chi connectivity index (χ2v) is 4.92. The fourth-order valence-corrected chi connectivity index (χ4v) is 1.14. The van der Waals surface area contributed by atoms with E-state index >= 15 is 0 Å². The van der Waals surface area contributed by atoms with E-state index in [4.69, 9.17) is 9.47 Å². The number of hydrogen-bond acceptors (Lipinski definition) is 5. The van der Waals surface area contributed by atoms with E-state index in [0.29, 0.717) is 12.3 Å². The number of ether oxygens (including phenoxy) is 3. The summed E-state index contributed by atoms with van der Waals surface area (Å²) in [6.07, 6.45) is 0.560. The molecule has 0 radical (unpaired) electrons. The van der Waals surface area contributed by atoms with Crippen molar-refractivity contribution in [1.82, 2.24) is 0 Å². The third-order valence-electron chi connectivity index (χ3n) is 2.41. The first kappa shape index (κ1) is 16.7. The first-order valence-electron chi connectivity index (χ1n) is 6.32. The molecule has 0 aromatic carbocycles. The van der Waals surface area contributed by atoms with Crippen molar-refractivity contribution < 1.29 is 23.8 Å². The summed E-state index contributed by atoms with van der Waals surface area (Å²) in [5, 5.41) is 0. The Balaban J connectivity index is 4.02. The molecule has 0 heterocycles. The zero-order valence-corrected chi connectivity index (χ0v) is 11.9. The summed E-state index contributed by atoms with van der Waals surface area (Å²) in [5.41, 5.74) is -0.878. The highest BCUT2D eigenvalue weighted by atomic mass is 16.7. The lowest BCUT2D eigenvalue weighted by atomic mass is 10.1. The van der Waals surface area contributed by atoms with E-state index in [1.165, 1.54) is 0 Å². The minimum absolute atomic E-state index is 0.0289. The van der Waals surface area contributed by atoms with E-state index in [9.17, 15) is 9.59 Å². The van der Waals surface area contributed by atoms with Crippen LogP contribution < -0.4 is 0 Å². The maximum atomic E-state index is 11.5. The molecule has 0 aromatic heterocycles. The van der Waals surface area contributed by atoms with Gasteiger partial charge in [0.15, 0.2) is 0 Å². The first-order chi connectivity index (χ1) is 8.30. The summed E-state index contributed by atoms with van der Waals surface area (Å²) in [7, 11) is 0. The van der Waals surface area contributed by atoms with Crippen LogP contribution in [0, 0.1) is 5.92 Å².